The fourth-order valence-electron chi connectivity index (χ4n) is 9.90. The van der Waals surface area contributed by atoms with Crippen LogP contribution in [0.4, 0.5) is 0 Å². The van der Waals surface area contributed by atoms with Gasteiger partial charge in [-0.15, -0.1) is 0 Å². The van der Waals surface area contributed by atoms with Gasteiger partial charge in [-0.3, -0.25) is 14.2 Å². The van der Waals surface area contributed by atoms with Crippen molar-refractivity contribution in [2.24, 2.45) is 0 Å². The van der Waals surface area contributed by atoms with E-state index in [0.717, 1.165) is 32.1 Å². The smallest absolute Gasteiger partial charge is 0.306 e. The number of phosphoric acid groups is 1. The molecule has 0 saturated carbocycles. The Morgan fingerprint density at radius 2 is 0.616 bits per heavy atom. The van der Waals surface area contributed by atoms with Gasteiger partial charge in [0.05, 0.1) is 27.7 Å². The molecule has 0 fully saturated rings. The first-order valence-corrected chi connectivity index (χ1v) is 33.7. The molecule has 0 aromatic heterocycles. The highest BCUT2D eigenvalue weighted by Gasteiger charge is 2.22. The van der Waals surface area contributed by atoms with Crippen molar-refractivity contribution < 1.29 is 42.1 Å². The van der Waals surface area contributed by atoms with Crippen molar-refractivity contribution in [2.45, 2.75) is 347 Å². The Morgan fingerprint density at radius 1 is 0.370 bits per heavy atom. The van der Waals surface area contributed by atoms with Crippen LogP contribution >= 0.6 is 7.82 Å². The van der Waals surface area contributed by atoms with Gasteiger partial charge in [0.25, 0.3) is 7.82 Å². The molecule has 0 N–H and O–H groups in total. The van der Waals surface area contributed by atoms with Crippen molar-refractivity contribution >= 4 is 19.8 Å². The van der Waals surface area contributed by atoms with E-state index in [0.29, 0.717) is 17.4 Å². The Labute approximate surface area is 454 Å². The predicted molar refractivity (Wildman–Crippen MR) is 310 cm³/mol. The number of carbonyl (C=O) groups is 2. The summed E-state index contributed by atoms with van der Waals surface area (Å²) in [7, 11) is 1.19. The third-order valence-electron chi connectivity index (χ3n) is 14.9. The van der Waals surface area contributed by atoms with E-state index in [1.54, 1.807) is 0 Å². The van der Waals surface area contributed by atoms with Crippen molar-refractivity contribution in [3.05, 3.63) is 0 Å². The van der Waals surface area contributed by atoms with Crippen LogP contribution in [0.2, 0.25) is 0 Å². The highest BCUT2D eigenvalue weighted by molar-refractivity contribution is 7.45. The minimum Gasteiger partial charge on any atom is -0.756 e. The third kappa shape index (κ3) is 60.1. The van der Waals surface area contributed by atoms with Gasteiger partial charge >= 0.3 is 11.9 Å². The number of rotatable bonds is 61. The monoisotopic (exact) mass is 1060 g/mol. The molecular weight excluding hydrogens is 930 g/mol. The van der Waals surface area contributed by atoms with Crippen LogP contribution in [0.1, 0.15) is 341 Å². The zero-order valence-corrected chi connectivity index (χ0v) is 50.5. The largest absolute Gasteiger partial charge is 0.756 e. The highest BCUT2D eigenvalue weighted by atomic mass is 31.2. The van der Waals surface area contributed by atoms with Crippen LogP contribution in [-0.4, -0.2) is 70.0 Å². The van der Waals surface area contributed by atoms with Crippen LogP contribution in [0.5, 0.6) is 0 Å². The standard InChI is InChI=1S/C63H126NO8P/c1-6-8-10-12-14-16-18-20-22-23-24-25-26-27-28-29-30-31-32-33-34-35-36-37-38-39-40-42-44-46-48-50-52-54-56-63(66)72-61(60-71-73(67,68)70-58-57-64(3,4)5)59-69-62(65)55-53-51-49-47-45-43-41-21-19-17-15-13-11-9-7-2/h61H,6-60H2,1-5H3. The number of esters is 2. The summed E-state index contributed by atoms with van der Waals surface area (Å²) in [4.78, 5) is 37.9. The molecule has 0 bridgehead atoms. The minimum absolute atomic E-state index is 0.0251. The van der Waals surface area contributed by atoms with E-state index >= 15 is 0 Å². The quantitative estimate of drug-likeness (QED) is 0.0256. The van der Waals surface area contributed by atoms with Crippen molar-refractivity contribution in [3.63, 3.8) is 0 Å². The molecule has 0 rings (SSSR count). The summed E-state index contributed by atoms with van der Waals surface area (Å²) < 4.78 is 34.2. The number of ether oxygens (including phenoxy) is 2. The van der Waals surface area contributed by atoms with Gasteiger partial charge in [-0.05, 0) is 12.8 Å². The molecule has 0 aliphatic heterocycles. The van der Waals surface area contributed by atoms with E-state index in [2.05, 4.69) is 13.8 Å². The SMILES string of the molecule is CCCCCCCCCCCCCCCCCCCCCCCCCCCCCCCCCCCCC(=O)OC(COC(=O)CCCCCCCCCCCCCCCCC)COP(=O)([O-])OCC[N+](C)(C)C. The lowest BCUT2D eigenvalue weighted by Gasteiger charge is -2.28. The molecule has 0 saturated heterocycles. The number of hydrogen-bond acceptors (Lipinski definition) is 8. The molecule has 2 atom stereocenters. The first kappa shape index (κ1) is 72.0. The van der Waals surface area contributed by atoms with Crippen molar-refractivity contribution in [1.82, 2.24) is 0 Å². The summed E-state index contributed by atoms with van der Waals surface area (Å²) in [5.74, 6) is -0.809. The maximum absolute atomic E-state index is 12.8. The molecule has 0 aliphatic carbocycles. The Bertz CT molecular complexity index is 1200. The fraction of sp³-hybridized carbons (Fsp3) is 0.968. The molecule has 2 unspecified atom stereocenters. The van der Waals surface area contributed by atoms with Crippen molar-refractivity contribution in [1.29, 1.82) is 0 Å². The van der Waals surface area contributed by atoms with E-state index in [1.807, 2.05) is 21.1 Å². The Balaban J connectivity index is 3.92. The van der Waals surface area contributed by atoms with Crippen LogP contribution in [-0.2, 0) is 32.7 Å². The second-order valence-electron chi connectivity index (χ2n) is 23.5. The number of likely N-dealkylation sites (N-methyl/N-ethyl adjacent to an activating group) is 1. The minimum atomic E-state index is -4.63. The van der Waals surface area contributed by atoms with Gasteiger partial charge in [-0.1, -0.05) is 316 Å². The second-order valence-corrected chi connectivity index (χ2v) is 24.9. The van der Waals surface area contributed by atoms with Gasteiger partial charge in [0.2, 0.25) is 0 Å². The molecule has 0 aromatic rings. The van der Waals surface area contributed by atoms with Gasteiger partial charge < -0.3 is 27.9 Å². The second kappa shape index (κ2) is 55.8. The number of unbranched alkanes of at least 4 members (excludes halogenated alkanes) is 47. The lowest BCUT2D eigenvalue weighted by Crippen LogP contribution is -2.37. The van der Waals surface area contributed by atoms with Gasteiger partial charge in [-0.25, -0.2) is 0 Å². The third-order valence-corrected chi connectivity index (χ3v) is 15.8. The summed E-state index contributed by atoms with van der Waals surface area (Å²) >= 11 is 0. The summed E-state index contributed by atoms with van der Waals surface area (Å²) in [6.07, 6.45) is 64.7. The summed E-state index contributed by atoms with van der Waals surface area (Å²) in [5, 5.41) is 0. The van der Waals surface area contributed by atoms with E-state index in [1.165, 1.54) is 276 Å². The molecule has 0 aromatic carbocycles. The molecule has 0 heterocycles. The normalized spacial score (nSPS) is 13.1. The lowest BCUT2D eigenvalue weighted by molar-refractivity contribution is -0.870. The molecule has 73 heavy (non-hydrogen) atoms. The summed E-state index contributed by atoms with van der Waals surface area (Å²) in [6.45, 7) is 4.31. The number of carbonyl (C=O) groups excluding carboxylic acids is 2. The van der Waals surface area contributed by atoms with Crippen LogP contribution in [0.25, 0.3) is 0 Å². The first-order chi connectivity index (χ1) is 35.5. The van der Waals surface area contributed by atoms with E-state index in [4.69, 9.17) is 18.5 Å². The summed E-state index contributed by atoms with van der Waals surface area (Å²) in [5.41, 5.74) is 0. The number of nitrogens with zero attached hydrogens (tertiary/aromatic N) is 1. The lowest BCUT2D eigenvalue weighted by atomic mass is 10.0. The van der Waals surface area contributed by atoms with Crippen molar-refractivity contribution in [3.8, 4) is 0 Å². The average Bonchev–Trinajstić information content (AvgIpc) is 3.35. The number of quaternary nitrogens is 1. The zero-order valence-electron chi connectivity index (χ0n) is 49.6. The molecule has 0 aliphatic rings. The van der Waals surface area contributed by atoms with E-state index < -0.39 is 26.5 Å². The molecule has 0 spiro atoms. The Hall–Kier alpha value is -0.990. The van der Waals surface area contributed by atoms with Gasteiger partial charge in [-0.2, -0.15) is 0 Å². The number of phosphoric ester groups is 1. The molecule has 0 radical (unpaired) electrons. The fourth-order valence-corrected chi connectivity index (χ4v) is 10.6. The van der Waals surface area contributed by atoms with Gasteiger partial charge in [0.1, 0.15) is 19.8 Å². The molecular formula is C63H126NO8P. The highest BCUT2D eigenvalue weighted by Crippen LogP contribution is 2.38. The molecule has 10 heteroatoms. The molecule has 436 valence electrons. The van der Waals surface area contributed by atoms with Crippen LogP contribution in [0.15, 0.2) is 0 Å². The van der Waals surface area contributed by atoms with Crippen molar-refractivity contribution in [2.75, 3.05) is 47.5 Å². The summed E-state index contributed by atoms with van der Waals surface area (Å²) in [6, 6.07) is 0. The van der Waals surface area contributed by atoms with E-state index in [9.17, 15) is 19.0 Å². The number of hydrogen-bond donors (Lipinski definition) is 0. The topological polar surface area (TPSA) is 111 Å². The van der Waals surface area contributed by atoms with Crippen LogP contribution < -0.4 is 4.89 Å². The van der Waals surface area contributed by atoms with Crippen LogP contribution in [0, 0.1) is 0 Å². The van der Waals surface area contributed by atoms with E-state index in [-0.39, 0.29) is 32.0 Å². The maximum Gasteiger partial charge on any atom is 0.306 e. The zero-order chi connectivity index (χ0) is 53.5. The average molecular weight is 1060 g/mol. The Kier molecular flexibility index (Phi) is 55.0. The first-order valence-electron chi connectivity index (χ1n) is 32.2. The molecule has 0 amide bonds. The Morgan fingerprint density at radius 3 is 0.877 bits per heavy atom. The molecule has 9 nitrogen and oxygen atoms in total. The predicted octanol–water partition coefficient (Wildman–Crippen LogP) is 19.6. The van der Waals surface area contributed by atoms with Gasteiger partial charge in [0.15, 0.2) is 6.10 Å². The van der Waals surface area contributed by atoms with Gasteiger partial charge in [0, 0.05) is 12.8 Å². The maximum atomic E-state index is 12.8. The van der Waals surface area contributed by atoms with Crippen LogP contribution in [0.3, 0.4) is 0 Å².